The van der Waals surface area contributed by atoms with Gasteiger partial charge in [-0.3, -0.25) is 4.79 Å². The number of aromatic nitrogens is 2. The predicted molar refractivity (Wildman–Crippen MR) is 83.0 cm³/mol. The molecule has 3 aromatic rings. The fourth-order valence-corrected chi connectivity index (χ4v) is 2.47. The van der Waals surface area contributed by atoms with Crippen molar-refractivity contribution < 1.29 is 9.21 Å². The van der Waals surface area contributed by atoms with E-state index in [1.807, 2.05) is 31.2 Å². The zero-order valence-corrected chi connectivity index (χ0v) is 13.0. The van der Waals surface area contributed by atoms with Crippen molar-refractivity contribution in [2.75, 3.05) is 0 Å². The molecule has 21 heavy (non-hydrogen) atoms. The third-order valence-corrected chi connectivity index (χ3v) is 3.67. The number of carbonyl (C=O) groups is 1. The molecular formula is C15H14BrN3O2. The van der Waals surface area contributed by atoms with Crippen molar-refractivity contribution in [2.45, 2.75) is 19.4 Å². The molecule has 2 aromatic heterocycles. The van der Waals surface area contributed by atoms with Crippen molar-refractivity contribution in [3.8, 4) is 0 Å². The summed E-state index contributed by atoms with van der Waals surface area (Å²) in [4.78, 5) is 19.9. The summed E-state index contributed by atoms with van der Waals surface area (Å²) >= 11 is 3.19. The van der Waals surface area contributed by atoms with Gasteiger partial charge >= 0.3 is 0 Å². The van der Waals surface area contributed by atoms with Crippen LogP contribution in [0.15, 0.2) is 45.5 Å². The van der Waals surface area contributed by atoms with Gasteiger partial charge in [0.15, 0.2) is 10.4 Å². The first-order valence-corrected chi connectivity index (χ1v) is 7.47. The number of nitrogens with zero attached hydrogens (tertiary/aromatic N) is 1. The molecule has 0 aliphatic heterocycles. The van der Waals surface area contributed by atoms with Crippen LogP contribution in [0.3, 0.4) is 0 Å². The number of hydrogen-bond donors (Lipinski definition) is 2. The summed E-state index contributed by atoms with van der Waals surface area (Å²) in [6.45, 7) is 2.00. The van der Waals surface area contributed by atoms with Crippen LogP contribution in [-0.2, 0) is 0 Å². The highest BCUT2D eigenvalue weighted by Gasteiger charge is 2.19. The molecule has 1 atom stereocenters. The molecule has 2 N–H and O–H groups in total. The second-order valence-corrected chi connectivity index (χ2v) is 5.46. The van der Waals surface area contributed by atoms with E-state index < -0.39 is 0 Å². The number of imidazole rings is 1. The number of carbonyl (C=O) groups excluding carboxylic acids is 1. The Hall–Kier alpha value is -2.08. The summed E-state index contributed by atoms with van der Waals surface area (Å²) in [7, 11) is 0. The monoisotopic (exact) mass is 347 g/mol. The van der Waals surface area contributed by atoms with Crippen LogP contribution in [0.5, 0.6) is 0 Å². The molecule has 1 aromatic carbocycles. The van der Waals surface area contributed by atoms with E-state index in [0.29, 0.717) is 4.67 Å². The lowest BCUT2D eigenvalue weighted by molar-refractivity contribution is 0.0904. The van der Waals surface area contributed by atoms with E-state index >= 15 is 0 Å². The number of para-hydroxylation sites is 2. The van der Waals surface area contributed by atoms with E-state index in [2.05, 4.69) is 31.2 Å². The Kier molecular flexibility index (Phi) is 3.79. The average molecular weight is 348 g/mol. The van der Waals surface area contributed by atoms with E-state index in [1.165, 1.54) is 0 Å². The molecular weight excluding hydrogens is 334 g/mol. The SMILES string of the molecule is CCC(NC(=O)c1ccc(Br)o1)c1nc2ccccc2[nH]1. The number of benzene rings is 1. The van der Waals surface area contributed by atoms with Crippen molar-refractivity contribution in [1.29, 1.82) is 0 Å². The average Bonchev–Trinajstić information content (AvgIpc) is 3.10. The van der Waals surface area contributed by atoms with Gasteiger partial charge in [0, 0.05) is 0 Å². The van der Waals surface area contributed by atoms with Gasteiger partial charge in [-0.1, -0.05) is 19.1 Å². The van der Waals surface area contributed by atoms with Crippen LogP contribution < -0.4 is 5.32 Å². The molecule has 0 saturated heterocycles. The number of halogens is 1. The Balaban J connectivity index is 1.83. The lowest BCUT2D eigenvalue weighted by atomic mass is 10.2. The summed E-state index contributed by atoms with van der Waals surface area (Å²) < 4.78 is 5.79. The molecule has 0 bridgehead atoms. The number of nitrogens with one attached hydrogen (secondary N) is 2. The van der Waals surface area contributed by atoms with Gasteiger partial charge in [-0.2, -0.15) is 0 Å². The fourth-order valence-electron chi connectivity index (χ4n) is 2.17. The number of fused-ring (bicyclic) bond motifs is 1. The minimum Gasteiger partial charge on any atom is -0.444 e. The molecule has 0 saturated carbocycles. The molecule has 6 heteroatoms. The Morgan fingerprint density at radius 2 is 2.19 bits per heavy atom. The number of aromatic amines is 1. The van der Waals surface area contributed by atoms with Gasteiger partial charge in [0.1, 0.15) is 5.82 Å². The zero-order chi connectivity index (χ0) is 14.8. The van der Waals surface area contributed by atoms with Crippen molar-refractivity contribution in [3.63, 3.8) is 0 Å². The Bertz CT molecular complexity index is 745. The van der Waals surface area contributed by atoms with E-state index in [1.54, 1.807) is 12.1 Å². The molecule has 0 fully saturated rings. The van der Waals surface area contributed by atoms with Crippen molar-refractivity contribution >= 4 is 32.9 Å². The zero-order valence-electron chi connectivity index (χ0n) is 11.4. The van der Waals surface area contributed by atoms with Crippen LogP contribution >= 0.6 is 15.9 Å². The van der Waals surface area contributed by atoms with Gasteiger partial charge in [-0.05, 0) is 46.6 Å². The number of furan rings is 1. The molecule has 0 aliphatic carbocycles. The van der Waals surface area contributed by atoms with Crippen LogP contribution in [0.2, 0.25) is 0 Å². The molecule has 0 aliphatic rings. The van der Waals surface area contributed by atoms with Crippen molar-refractivity contribution in [3.05, 3.63) is 52.7 Å². The molecule has 3 rings (SSSR count). The van der Waals surface area contributed by atoms with Gasteiger partial charge in [0.25, 0.3) is 5.91 Å². The lowest BCUT2D eigenvalue weighted by Gasteiger charge is -2.13. The molecule has 5 nitrogen and oxygen atoms in total. The van der Waals surface area contributed by atoms with Crippen LogP contribution in [-0.4, -0.2) is 15.9 Å². The molecule has 1 unspecified atom stereocenters. The number of rotatable bonds is 4. The Morgan fingerprint density at radius 3 is 2.86 bits per heavy atom. The second-order valence-electron chi connectivity index (χ2n) is 4.68. The fraction of sp³-hybridized carbons (Fsp3) is 0.200. The maximum Gasteiger partial charge on any atom is 0.287 e. The summed E-state index contributed by atoms with van der Waals surface area (Å²) in [5, 5.41) is 2.93. The van der Waals surface area contributed by atoms with Gasteiger partial charge in [-0.25, -0.2) is 4.98 Å². The molecule has 1 amide bonds. The van der Waals surface area contributed by atoms with Crippen LogP contribution in [0, 0.1) is 0 Å². The minimum atomic E-state index is -0.256. The van der Waals surface area contributed by atoms with Gasteiger partial charge in [0.05, 0.1) is 17.1 Å². The number of hydrogen-bond acceptors (Lipinski definition) is 3. The number of H-pyrrole nitrogens is 1. The third-order valence-electron chi connectivity index (χ3n) is 3.25. The molecule has 0 radical (unpaired) electrons. The highest BCUT2D eigenvalue weighted by molar-refractivity contribution is 9.10. The van der Waals surface area contributed by atoms with Crippen LogP contribution in [0.4, 0.5) is 0 Å². The third kappa shape index (κ3) is 2.85. The first-order valence-electron chi connectivity index (χ1n) is 6.68. The molecule has 0 spiro atoms. The van der Waals surface area contributed by atoms with Crippen molar-refractivity contribution in [2.24, 2.45) is 0 Å². The highest BCUT2D eigenvalue weighted by Crippen LogP contribution is 2.20. The first kappa shape index (κ1) is 13.9. The highest BCUT2D eigenvalue weighted by atomic mass is 79.9. The molecule has 2 heterocycles. The summed E-state index contributed by atoms with van der Waals surface area (Å²) in [6, 6.07) is 10.9. The molecule has 108 valence electrons. The summed E-state index contributed by atoms with van der Waals surface area (Å²) in [5.74, 6) is 0.766. The lowest BCUT2D eigenvalue weighted by Crippen LogP contribution is -2.28. The summed E-state index contributed by atoms with van der Waals surface area (Å²) in [6.07, 6.45) is 0.730. The van der Waals surface area contributed by atoms with Gasteiger partial charge < -0.3 is 14.7 Å². The van der Waals surface area contributed by atoms with E-state index in [4.69, 9.17) is 4.42 Å². The maximum absolute atomic E-state index is 12.1. The standard InChI is InChI=1S/C15H14BrN3O2/c1-2-9(19-15(20)12-7-8-13(16)21-12)14-17-10-5-3-4-6-11(10)18-14/h3-9H,2H2,1H3,(H,17,18)(H,19,20). The normalized spacial score (nSPS) is 12.5. The maximum atomic E-state index is 12.1. The Morgan fingerprint density at radius 1 is 1.38 bits per heavy atom. The van der Waals surface area contributed by atoms with Crippen LogP contribution in [0.1, 0.15) is 35.8 Å². The first-order chi connectivity index (χ1) is 10.2. The second kappa shape index (κ2) is 5.73. The number of amides is 1. The van der Waals surface area contributed by atoms with E-state index in [0.717, 1.165) is 23.3 Å². The van der Waals surface area contributed by atoms with Gasteiger partial charge in [-0.15, -0.1) is 0 Å². The topological polar surface area (TPSA) is 70.9 Å². The largest absolute Gasteiger partial charge is 0.444 e. The summed E-state index contributed by atoms with van der Waals surface area (Å²) in [5.41, 5.74) is 1.85. The van der Waals surface area contributed by atoms with E-state index in [9.17, 15) is 4.79 Å². The van der Waals surface area contributed by atoms with Crippen molar-refractivity contribution in [1.82, 2.24) is 15.3 Å². The Labute approximate surface area is 129 Å². The van der Waals surface area contributed by atoms with Crippen LogP contribution in [0.25, 0.3) is 11.0 Å². The smallest absolute Gasteiger partial charge is 0.287 e. The predicted octanol–water partition coefficient (Wildman–Crippen LogP) is 3.80. The minimum absolute atomic E-state index is 0.186. The quantitative estimate of drug-likeness (QED) is 0.753. The van der Waals surface area contributed by atoms with Gasteiger partial charge in [0.2, 0.25) is 0 Å². The van der Waals surface area contributed by atoms with E-state index in [-0.39, 0.29) is 17.7 Å².